The summed E-state index contributed by atoms with van der Waals surface area (Å²) in [5.41, 5.74) is 2.12. The summed E-state index contributed by atoms with van der Waals surface area (Å²) < 4.78 is 26.8. The van der Waals surface area contributed by atoms with Crippen LogP contribution in [-0.2, 0) is 10.0 Å². The Morgan fingerprint density at radius 3 is 2.32 bits per heavy atom. The first kappa shape index (κ1) is 29.4. The Balaban J connectivity index is 0.000000494. The number of fused-ring (bicyclic) bond motifs is 2. The lowest BCUT2D eigenvalue weighted by Crippen LogP contribution is -2.36. The topological polar surface area (TPSA) is 76.1 Å². The lowest BCUT2D eigenvalue weighted by molar-refractivity contribution is 0.158. The molecule has 0 bridgehead atoms. The molecule has 3 aliphatic heterocycles. The molecule has 9 heteroatoms. The Hall–Kier alpha value is -1.62. The Bertz CT molecular complexity index is 1120. The zero-order chi connectivity index (χ0) is 27.0. The van der Waals surface area contributed by atoms with Gasteiger partial charge in [0, 0.05) is 37.0 Å². The third-order valence-electron chi connectivity index (χ3n) is 7.68. The minimum Gasteiger partial charge on any atom is -0.396 e. The summed E-state index contributed by atoms with van der Waals surface area (Å²) in [6, 6.07) is 13.8. The average Bonchev–Trinajstić information content (AvgIpc) is 2.94. The van der Waals surface area contributed by atoms with Crippen LogP contribution in [0.5, 0.6) is 0 Å². The van der Waals surface area contributed by atoms with E-state index < -0.39 is 10.0 Å². The number of aliphatic hydroxyl groups is 1. The predicted octanol–water partition coefficient (Wildman–Crippen LogP) is 4.78. The van der Waals surface area contributed by atoms with Crippen molar-refractivity contribution in [1.29, 1.82) is 0 Å². The van der Waals surface area contributed by atoms with Crippen molar-refractivity contribution in [3.8, 4) is 0 Å². The quantitative estimate of drug-likeness (QED) is 0.481. The molecule has 3 heterocycles. The summed E-state index contributed by atoms with van der Waals surface area (Å²) in [7, 11) is -0.348. The molecular formula is C29H44N4O3S2. The molecule has 3 aliphatic rings. The van der Waals surface area contributed by atoms with Crippen LogP contribution in [0.2, 0.25) is 0 Å². The normalized spacial score (nSPS) is 18.5. The van der Waals surface area contributed by atoms with Gasteiger partial charge in [-0.3, -0.25) is 0 Å². The predicted molar refractivity (Wildman–Crippen MR) is 157 cm³/mol. The van der Waals surface area contributed by atoms with Crippen LogP contribution in [-0.4, -0.2) is 82.7 Å². The first-order valence-corrected chi connectivity index (χ1v) is 16.3. The van der Waals surface area contributed by atoms with Crippen LogP contribution in [0.15, 0.2) is 57.2 Å². The molecule has 0 spiro atoms. The maximum absolute atomic E-state index is 12.7. The lowest BCUT2D eigenvalue weighted by Gasteiger charge is -2.35. The van der Waals surface area contributed by atoms with Gasteiger partial charge in [0.25, 0.3) is 0 Å². The number of hydrogen-bond donors (Lipinski definition) is 2. The molecule has 0 amide bonds. The van der Waals surface area contributed by atoms with Gasteiger partial charge in [-0.05, 0) is 107 Å². The van der Waals surface area contributed by atoms with E-state index in [2.05, 4.69) is 33.3 Å². The summed E-state index contributed by atoms with van der Waals surface area (Å²) in [4.78, 5) is 7.43. The minimum atomic E-state index is -3.49. The Kier molecular flexibility index (Phi) is 10.9. The maximum Gasteiger partial charge on any atom is 0.242 e. The second kappa shape index (κ2) is 14.1. The molecule has 5 rings (SSSR count). The molecule has 0 aromatic heterocycles. The highest BCUT2D eigenvalue weighted by Gasteiger charge is 2.27. The lowest BCUT2D eigenvalue weighted by atomic mass is 9.94. The van der Waals surface area contributed by atoms with Gasteiger partial charge in [-0.15, -0.1) is 0 Å². The summed E-state index contributed by atoms with van der Waals surface area (Å²) in [6.45, 7) is 6.86. The average molecular weight is 561 g/mol. The number of hydrogen-bond acceptors (Lipinski definition) is 7. The number of rotatable bonds is 8. The molecule has 2 N–H and O–H groups in total. The van der Waals surface area contributed by atoms with Gasteiger partial charge in [0.15, 0.2) is 0 Å². The van der Waals surface area contributed by atoms with Crippen LogP contribution in [0.4, 0.5) is 11.4 Å². The Labute approximate surface area is 233 Å². The summed E-state index contributed by atoms with van der Waals surface area (Å²) in [6.07, 6.45) is 8.47. The first-order valence-electron chi connectivity index (χ1n) is 14.0. The molecule has 0 atom stereocenters. The van der Waals surface area contributed by atoms with Gasteiger partial charge in [0.2, 0.25) is 10.0 Å². The smallest absolute Gasteiger partial charge is 0.242 e. The van der Waals surface area contributed by atoms with E-state index in [4.69, 9.17) is 5.11 Å². The molecule has 0 unspecified atom stereocenters. The fourth-order valence-electron chi connectivity index (χ4n) is 5.36. The SMILES string of the molecule is C1CCNCC1.CN(C)S(=O)(=O)c1ccc2c(c1)N(CCCN1CCC(CCO)CC1)c1ccccc1S2. The largest absolute Gasteiger partial charge is 0.396 e. The van der Waals surface area contributed by atoms with E-state index in [0.29, 0.717) is 17.4 Å². The third-order valence-corrected chi connectivity index (χ3v) is 10.6. The standard InChI is InChI=1S/C24H33N3O3S2.C5H11N/c1-25(2)32(29,30)20-8-9-24-22(18-20)27(21-6-3-4-7-23(21)31-24)14-5-13-26-15-10-19(11-16-26)12-17-28;1-2-4-6-5-3-1/h3-4,6-9,18-19,28H,5,10-17H2,1-2H3;6H,1-5H2. The van der Waals surface area contributed by atoms with E-state index in [0.717, 1.165) is 55.3 Å². The van der Waals surface area contributed by atoms with Crippen molar-refractivity contribution in [1.82, 2.24) is 14.5 Å². The van der Waals surface area contributed by atoms with E-state index >= 15 is 0 Å². The summed E-state index contributed by atoms with van der Waals surface area (Å²) in [5, 5.41) is 12.5. The van der Waals surface area contributed by atoms with E-state index in [1.165, 1.54) is 54.4 Å². The molecule has 2 aromatic rings. The number of anilines is 2. The van der Waals surface area contributed by atoms with Crippen LogP contribution < -0.4 is 10.2 Å². The molecular weight excluding hydrogens is 516 g/mol. The fourth-order valence-corrected chi connectivity index (χ4v) is 7.36. The molecule has 7 nitrogen and oxygen atoms in total. The zero-order valence-electron chi connectivity index (χ0n) is 22.9. The molecule has 210 valence electrons. The highest BCUT2D eigenvalue weighted by molar-refractivity contribution is 7.99. The van der Waals surface area contributed by atoms with Crippen molar-refractivity contribution in [2.24, 2.45) is 5.92 Å². The van der Waals surface area contributed by atoms with Crippen LogP contribution >= 0.6 is 11.8 Å². The van der Waals surface area contributed by atoms with Gasteiger partial charge in [0.05, 0.1) is 16.3 Å². The van der Waals surface area contributed by atoms with Gasteiger partial charge >= 0.3 is 0 Å². The van der Waals surface area contributed by atoms with Gasteiger partial charge in [-0.1, -0.05) is 30.3 Å². The third kappa shape index (κ3) is 7.52. The van der Waals surface area contributed by atoms with Crippen molar-refractivity contribution < 1.29 is 13.5 Å². The number of aliphatic hydroxyl groups excluding tert-OH is 1. The number of sulfonamides is 1. The minimum absolute atomic E-state index is 0.294. The second-order valence-corrected chi connectivity index (χ2v) is 13.8. The number of para-hydroxylation sites is 1. The molecule has 38 heavy (non-hydrogen) atoms. The number of nitrogens with zero attached hydrogens (tertiary/aromatic N) is 3. The highest BCUT2D eigenvalue weighted by Crippen LogP contribution is 2.48. The first-order chi connectivity index (χ1) is 18.4. The number of likely N-dealkylation sites (tertiary alicyclic amines) is 1. The van der Waals surface area contributed by atoms with Crippen molar-refractivity contribution in [2.45, 2.75) is 59.6 Å². The van der Waals surface area contributed by atoms with E-state index in [9.17, 15) is 8.42 Å². The number of piperidine rings is 2. The Morgan fingerprint density at radius 2 is 1.68 bits per heavy atom. The molecule has 0 saturated carbocycles. The number of nitrogens with one attached hydrogen (secondary N) is 1. The maximum atomic E-state index is 12.7. The van der Waals surface area contributed by atoms with Crippen LogP contribution in [0, 0.1) is 5.92 Å². The van der Waals surface area contributed by atoms with Crippen molar-refractivity contribution in [3.63, 3.8) is 0 Å². The van der Waals surface area contributed by atoms with Crippen LogP contribution in [0.3, 0.4) is 0 Å². The molecule has 2 aromatic carbocycles. The summed E-state index contributed by atoms with van der Waals surface area (Å²) in [5.74, 6) is 0.659. The molecule has 2 saturated heterocycles. The van der Waals surface area contributed by atoms with Gasteiger partial charge < -0.3 is 20.2 Å². The molecule has 0 aliphatic carbocycles. The second-order valence-electron chi connectivity index (χ2n) is 10.6. The van der Waals surface area contributed by atoms with Gasteiger partial charge in [-0.25, -0.2) is 12.7 Å². The van der Waals surface area contributed by atoms with E-state index in [1.807, 2.05) is 18.2 Å². The number of benzene rings is 2. The van der Waals surface area contributed by atoms with Crippen LogP contribution in [0.25, 0.3) is 0 Å². The molecule has 0 radical (unpaired) electrons. The van der Waals surface area contributed by atoms with Crippen molar-refractivity contribution in [3.05, 3.63) is 42.5 Å². The van der Waals surface area contributed by atoms with Crippen molar-refractivity contribution in [2.75, 3.05) is 64.9 Å². The van der Waals surface area contributed by atoms with Gasteiger partial charge in [-0.2, -0.15) is 0 Å². The Morgan fingerprint density at radius 1 is 0.974 bits per heavy atom. The molecule has 2 fully saturated rings. The van der Waals surface area contributed by atoms with Crippen LogP contribution in [0.1, 0.15) is 44.9 Å². The van der Waals surface area contributed by atoms with E-state index in [-0.39, 0.29) is 0 Å². The highest BCUT2D eigenvalue weighted by atomic mass is 32.2. The monoisotopic (exact) mass is 560 g/mol. The summed E-state index contributed by atoms with van der Waals surface area (Å²) >= 11 is 1.70. The van der Waals surface area contributed by atoms with Crippen molar-refractivity contribution >= 4 is 33.2 Å². The van der Waals surface area contributed by atoms with E-state index in [1.54, 1.807) is 31.9 Å². The zero-order valence-corrected chi connectivity index (χ0v) is 24.6. The fraction of sp³-hybridized carbons (Fsp3) is 0.586. The van der Waals surface area contributed by atoms with Gasteiger partial charge in [0.1, 0.15) is 0 Å².